The summed E-state index contributed by atoms with van der Waals surface area (Å²) < 4.78 is 0. The number of hydrazine groups is 2. The van der Waals surface area contributed by atoms with Gasteiger partial charge in [-0.1, -0.05) is 56.1 Å². The van der Waals surface area contributed by atoms with Gasteiger partial charge in [0.2, 0.25) is 0 Å². The summed E-state index contributed by atoms with van der Waals surface area (Å²) in [5, 5.41) is 9.44. The van der Waals surface area contributed by atoms with E-state index in [1.807, 2.05) is 17.0 Å². The number of carbonyl (C=O) groups excluding carboxylic acids is 2. The lowest BCUT2D eigenvalue weighted by atomic mass is 9.69. The number of nitrogens with zero attached hydrogens (tertiary/aromatic N) is 4. The van der Waals surface area contributed by atoms with E-state index in [0.717, 1.165) is 31.2 Å². The number of amides is 2. The summed E-state index contributed by atoms with van der Waals surface area (Å²) in [5.41, 5.74) is 7.78. The van der Waals surface area contributed by atoms with Crippen LogP contribution in [-0.4, -0.2) is 52.6 Å². The predicted octanol–water partition coefficient (Wildman–Crippen LogP) is 4.76. The maximum absolute atomic E-state index is 13.9. The fraction of sp³-hybridized carbons (Fsp3) is 0.448. The van der Waals surface area contributed by atoms with Gasteiger partial charge in [0.25, 0.3) is 11.8 Å². The highest BCUT2D eigenvalue weighted by atomic mass is 35.5. The van der Waals surface area contributed by atoms with Crippen LogP contribution in [-0.2, 0) is 11.3 Å². The number of rotatable bonds is 6. The molecule has 9 nitrogen and oxygen atoms in total. The van der Waals surface area contributed by atoms with Gasteiger partial charge in [-0.3, -0.25) is 20.0 Å². The second kappa shape index (κ2) is 11.0. The molecule has 0 unspecified atom stereocenters. The number of carbonyl (C=O) groups is 2. The highest BCUT2D eigenvalue weighted by Crippen LogP contribution is 2.47. The van der Waals surface area contributed by atoms with Gasteiger partial charge in [-0.05, 0) is 72.9 Å². The van der Waals surface area contributed by atoms with E-state index in [-0.39, 0.29) is 23.8 Å². The lowest BCUT2D eigenvalue weighted by Crippen LogP contribution is -2.49. The van der Waals surface area contributed by atoms with Crippen LogP contribution in [0, 0.1) is 11.3 Å². The standard InChI is InChI=1S/C29H35Cl2N7O2/c1-28(2,3)21-9-11-29(12-10-21)33-25(20-13-22(30)15-23(31)14-20)27(40)38(29)17-18-5-7-19(8-6-18)26(39)32-16-24-34-36-37(4)35-24/h5-8,13-15,21,36H,9-12,16-17H2,1-4H3,(H,32,39)(H,34,35). The van der Waals surface area contributed by atoms with Crippen molar-refractivity contribution >= 4 is 46.6 Å². The van der Waals surface area contributed by atoms with Crippen LogP contribution < -0.4 is 16.3 Å². The molecule has 11 heteroatoms. The maximum atomic E-state index is 13.9. The van der Waals surface area contributed by atoms with Crippen molar-refractivity contribution in [1.29, 1.82) is 0 Å². The third kappa shape index (κ3) is 5.96. The van der Waals surface area contributed by atoms with Crippen molar-refractivity contribution < 1.29 is 9.59 Å². The number of halogens is 2. The lowest BCUT2D eigenvalue weighted by molar-refractivity contribution is -0.130. The zero-order chi connectivity index (χ0) is 28.7. The molecule has 0 bridgehead atoms. The average Bonchev–Trinajstić information content (AvgIpc) is 3.43. The molecule has 212 valence electrons. The number of hydrogen-bond acceptors (Lipinski definition) is 7. The first-order valence-electron chi connectivity index (χ1n) is 13.5. The number of aliphatic imine (C=N–C) groups is 1. The zero-order valence-electron chi connectivity index (χ0n) is 23.2. The van der Waals surface area contributed by atoms with Crippen LogP contribution in [0.3, 0.4) is 0 Å². The first-order chi connectivity index (χ1) is 18.9. The van der Waals surface area contributed by atoms with Crippen molar-refractivity contribution in [3.05, 3.63) is 69.2 Å². The molecule has 3 N–H and O–H groups in total. The molecule has 2 aromatic rings. The maximum Gasteiger partial charge on any atom is 0.274 e. The number of nitrogens with one attached hydrogen (secondary N) is 3. The second-order valence-electron chi connectivity index (χ2n) is 11.8. The van der Waals surface area contributed by atoms with Crippen LogP contribution in [0.15, 0.2) is 52.6 Å². The Bertz CT molecular complexity index is 1340. The van der Waals surface area contributed by atoms with E-state index < -0.39 is 5.66 Å². The topological polar surface area (TPSA) is 101 Å². The minimum Gasteiger partial charge on any atom is -0.345 e. The molecule has 1 saturated carbocycles. The molecular formula is C29H35Cl2N7O2. The first-order valence-corrected chi connectivity index (χ1v) is 14.3. The third-order valence-electron chi connectivity index (χ3n) is 8.02. The van der Waals surface area contributed by atoms with E-state index in [0.29, 0.717) is 45.2 Å². The minimum absolute atomic E-state index is 0.127. The molecule has 0 aromatic heterocycles. The van der Waals surface area contributed by atoms with Crippen molar-refractivity contribution in [3.63, 3.8) is 0 Å². The molecule has 0 radical (unpaired) electrons. The molecule has 1 aliphatic carbocycles. The summed E-state index contributed by atoms with van der Waals surface area (Å²) >= 11 is 12.6. The smallest absolute Gasteiger partial charge is 0.274 e. The van der Waals surface area contributed by atoms with Gasteiger partial charge >= 0.3 is 0 Å². The molecule has 2 aromatic carbocycles. The van der Waals surface area contributed by atoms with Gasteiger partial charge in [0.1, 0.15) is 11.4 Å². The van der Waals surface area contributed by atoms with Crippen LogP contribution >= 0.6 is 23.2 Å². The summed E-state index contributed by atoms with van der Waals surface area (Å²) in [6.07, 6.45) is 3.57. The molecule has 2 aliphatic heterocycles. The molecule has 40 heavy (non-hydrogen) atoms. The van der Waals surface area contributed by atoms with Crippen molar-refractivity contribution in [2.45, 2.75) is 58.7 Å². The SMILES string of the molecule is CN1NN=C(CNC(=O)c2ccc(CN3C(=O)C(c4cc(Cl)cc(Cl)c4)=NC34CCC(C(C)(C)C)CC4)cc2)N1. The molecule has 2 heterocycles. The number of amidine groups is 1. The second-order valence-corrected chi connectivity index (χ2v) is 12.7. The molecule has 0 atom stereocenters. The Morgan fingerprint density at radius 1 is 1.10 bits per heavy atom. The summed E-state index contributed by atoms with van der Waals surface area (Å²) in [6.45, 7) is 7.49. The van der Waals surface area contributed by atoms with Crippen LogP contribution in [0.1, 0.15) is 67.9 Å². The van der Waals surface area contributed by atoms with E-state index in [1.54, 1.807) is 42.5 Å². The Labute approximate surface area is 244 Å². The summed E-state index contributed by atoms with van der Waals surface area (Å²) in [5.74, 6) is 0.846. The normalized spacial score (nSPS) is 23.1. The lowest BCUT2D eigenvalue weighted by Gasteiger charge is -2.44. The van der Waals surface area contributed by atoms with Gasteiger partial charge in [0, 0.05) is 34.8 Å². The van der Waals surface area contributed by atoms with E-state index in [1.165, 1.54) is 0 Å². The van der Waals surface area contributed by atoms with Gasteiger partial charge in [-0.25, -0.2) is 5.53 Å². The van der Waals surface area contributed by atoms with Crippen molar-refractivity contribution in [3.8, 4) is 0 Å². The number of benzene rings is 2. The number of hydrogen-bond donors (Lipinski definition) is 3. The zero-order valence-corrected chi connectivity index (χ0v) is 24.7. The molecule has 1 spiro atoms. The number of hydrazone groups is 1. The third-order valence-corrected chi connectivity index (χ3v) is 8.46. The van der Waals surface area contributed by atoms with Crippen LogP contribution in [0.2, 0.25) is 10.0 Å². The van der Waals surface area contributed by atoms with Crippen molar-refractivity contribution in [1.82, 2.24) is 26.3 Å². The summed E-state index contributed by atoms with van der Waals surface area (Å²) in [6, 6.07) is 12.5. The Hall–Kier alpha value is -3.14. The van der Waals surface area contributed by atoms with Gasteiger partial charge in [-0.15, -0.1) is 10.2 Å². The van der Waals surface area contributed by atoms with Crippen LogP contribution in [0.4, 0.5) is 0 Å². The highest BCUT2D eigenvalue weighted by Gasteiger charge is 2.50. The molecular weight excluding hydrogens is 549 g/mol. The fourth-order valence-electron chi connectivity index (χ4n) is 5.73. The van der Waals surface area contributed by atoms with E-state index in [2.05, 4.69) is 42.1 Å². The van der Waals surface area contributed by atoms with Crippen molar-refractivity contribution in [2.75, 3.05) is 13.6 Å². The quantitative estimate of drug-likeness (QED) is 0.455. The van der Waals surface area contributed by atoms with Crippen LogP contribution in [0.25, 0.3) is 0 Å². The van der Waals surface area contributed by atoms with Gasteiger partial charge < -0.3 is 10.2 Å². The highest BCUT2D eigenvalue weighted by molar-refractivity contribution is 6.47. The van der Waals surface area contributed by atoms with E-state index in [4.69, 9.17) is 28.2 Å². The van der Waals surface area contributed by atoms with E-state index in [9.17, 15) is 9.59 Å². The monoisotopic (exact) mass is 583 g/mol. The predicted molar refractivity (Wildman–Crippen MR) is 158 cm³/mol. The van der Waals surface area contributed by atoms with Gasteiger partial charge in [0.15, 0.2) is 5.84 Å². The minimum atomic E-state index is -0.616. The van der Waals surface area contributed by atoms with Crippen LogP contribution in [0.5, 0.6) is 0 Å². The van der Waals surface area contributed by atoms with Gasteiger partial charge in [0.05, 0.1) is 6.54 Å². The molecule has 0 saturated heterocycles. The van der Waals surface area contributed by atoms with Gasteiger partial charge in [-0.2, -0.15) is 0 Å². The van der Waals surface area contributed by atoms with Crippen molar-refractivity contribution in [2.24, 2.45) is 21.4 Å². The molecule has 3 aliphatic rings. The summed E-state index contributed by atoms with van der Waals surface area (Å²) in [4.78, 5) is 33.6. The Morgan fingerprint density at radius 2 is 1.75 bits per heavy atom. The Kier molecular flexibility index (Phi) is 7.83. The van der Waals surface area contributed by atoms with E-state index >= 15 is 0 Å². The average molecular weight is 585 g/mol. The molecule has 1 fully saturated rings. The first kappa shape index (κ1) is 28.4. The Morgan fingerprint density at radius 3 is 2.33 bits per heavy atom. The fourth-order valence-corrected chi connectivity index (χ4v) is 6.25. The molecule has 5 rings (SSSR count). The summed E-state index contributed by atoms with van der Waals surface area (Å²) in [7, 11) is 1.78. The molecule has 2 amide bonds. The Balaban J connectivity index is 1.35. The largest absolute Gasteiger partial charge is 0.345 e.